The zero-order valence-corrected chi connectivity index (χ0v) is 12.2. The van der Waals surface area contributed by atoms with Crippen molar-refractivity contribution in [1.29, 1.82) is 0 Å². The van der Waals surface area contributed by atoms with Crippen molar-refractivity contribution < 1.29 is 9.18 Å². The molecule has 2 heterocycles. The predicted octanol–water partition coefficient (Wildman–Crippen LogP) is 1.59. The van der Waals surface area contributed by atoms with E-state index in [-0.39, 0.29) is 11.6 Å². The fourth-order valence-corrected chi connectivity index (χ4v) is 2.18. The van der Waals surface area contributed by atoms with Gasteiger partial charge in [-0.15, -0.1) is 5.10 Å². The van der Waals surface area contributed by atoms with Crippen LogP contribution in [0.5, 0.6) is 0 Å². The molecule has 3 aromatic rings. The van der Waals surface area contributed by atoms with E-state index in [0.717, 1.165) is 0 Å². The molecule has 3 N–H and O–H groups in total. The Morgan fingerprint density at radius 1 is 1.43 bits per heavy atom. The highest BCUT2D eigenvalue weighted by Gasteiger charge is 2.21. The highest BCUT2D eigenvalue weighted by Crippen LogP contribution is 2.21. The molecule has 0 spiro atoms. The molecule has 23 heavy (non-hydrogen) atoms. The summed E-state index contributed by atoms with van der Waals surface area (Å²) in [4.78, 5) is 16.4. The van der Waals surface area contributed by atoms with Crippen LogP contribution in [0.2, 0.25) is 0 Å². The Bertz CT molecular complexity index is 799. The number of amides is 2. The number of hydrogen-bond acceptors (Lipinski definition) is 4. The minimum Gasteiger partial charge on any atom is -0.336 e. The molecule has 0 radical (unpaired) electrons. The molecule has 118 valence electrons. The monoisotopic (exact) mass is 315 g/mol. The molecule has 0 aliphatic carbocycles. The third-order valence-electron chi connectivity index (χ3n) is 3.23. The topological polar surface area (TPSA) is 101 Å². The largest absolute Gasteiger partial charge is 0.336 e. The number of benzene rings is 1. The maximum Gasteiger partial charge on any atom is 0.321 e. The maximum atomic E-state index is 13.5. The van der Waals surface area contributed by atoms with Crippen LogP contribution in [-0.4, -0.2) is 31.0 Å². The molecule has 3 rings (SSSR count). The molecular weight excluding hydrogens is 301 g/mol. The number of nitrogens with one attached hydrogen (secondary N) is 3. The van der Waals surface area contributed by atoms with E-state index >= 15 is 0 Å². The van der Waals surface area contributed by atoms with Gasteiger partial charge < -0.3 is 9.88 Å². The van der Waals surface area contributed by atoms with Crippen molar-refractivity contribution in [2.45, 2.75) is 6.04 Å². The summed E-state index contributed by atoms with van der Waals surface area (Å²) in [5.74, 6) is 0.464. The first kappa shape index (κ1) is 14.7. The number of urea groups is 1. The maximum absolute atomic E-state index is 13.5. The second-order valence-electron chi connectivity index (χ2n) is 4.84. The lowest BCUT2D eigenvalue weighted by molar-refractivity contribution is 0.249. The van der Waals surface area contributed by atoms with Gasteiger partial charge in [0.25, 0.3) is 0 Å². The minimum absolute atomic E-state index is 0.278. The van der Waals surface area contributed by atoms with E-state index in [9.17, 15) is 9.18 Å². The molecule has 0 aliphatic rings. The van der Waals surface area contributed by atoms with Gasteiger partial charge in [-0.25, -0.2) is 14.2 Å². The quantitative estimate of drug-likeness (QED) is 0.680. The zero-order valence-electron chi connectivity index (χ0n) is 12.2. The molecule has 8 nitrogen and oxygen atoms in total. The van der Waals surface area contributed by atoms with E-state index in [1.165, 1.54) is 18.3 Å². The Labute approximate surface area is 130 Å². The molecule has 0 saturated carbocycles. The highest BCUT2D eigenvalue weighted by atomic mass is 19.1. The van der Waals surface area contributed by atoms with Crippen LogP contribution in [0.1, 0.15) is 17.4 Å². The smallest absolute Gasteiger partial charge is 0.321 e. The van der Waals surface area contributed by atoms with Crippen molar-refractivity contribution in [1.82, 2.24) is 30.3 Å². The number of rotatable bonds is 4. The van der Waals surface area contributed by atoms with Crippen molar-refractivity contribution in [2.75, 3.05) is 5.32 Å². The summed E-state index contributed by atoms with van der Waals surface area (Å²) < 4.78 is 15.3. The Morgan fingerprint density at radius 2 is 2.30 bits per heavy atom. The standard InChI is InChI=1S/C14H14FN7O/c1-22-6-5-16-13(22)12(9-3-2-4-10(15)7-9)19-14(23)18-11-8-17-21-20-11/h2-8,12H,1H3,(H3,17,18,19,20,21,23). The number of aromatic amines is 1. The summed E-state index contributed by atoms with van der Waals surface area (Å²) >= 11 is 0. The number of H-pyrrole nitrogens is 1. The van der Waals surface area contributed by atoms with Crippen LogP contribution in [-0.2, 0) is 7.05 Å². The molecule has 0 fully saturated rings. The van der Waals surface area contributed by atoms with Gasteiger partial charge in [-0.3, -0.25) is 5.32 Å². The summed E-state index contributed by atoms with van der Waals surface area (Å²) in [6.45, 7) is 0. The van der Waals surface area contributed by atoms with Crippen molar-refractivity contribution >= 4 is 11.8 Å². The fraction of sp³-hybridized carbons (Fsp3) is 0.143. The minimum atomic E-state index is -0.613. The molecule has 0 aliphatic heterocycles. The van der Waals surface area contributed by atoms with E-state index in [2.05, 4.69) is 31.0 Å². The number of nitrogens with zero attached hydrogens (tertiary/aromatic N) is 4. The van der Waals surface area contributed by atoms with Gasteiger partial charge in [-0.2, -0.15) is 10.3 Å². The number of halogens is 1. The number of imidazole rings is 1. The van der Waals surface area contributed by atoms with Gasteiger partial charge in [0, 0.05) is 19.4 Å². The van der Waals surface area contributed by atoms with Crippen LogP contribution in [0.3, 0.4) is 0 Å². The van der Waals surface area contributed by atoms with E-state index < -0.39 is 12.1 Å². The molecule has 2 amide bonds. The SMILES string of the molecule is Cn1ccnc1C(NC(=O)Nc1cn[nH]n1)c1cccc(F)c1. The second kappa shape index (κ2) is 6.26. The van der Waals surface area contributed by atoms with Gasteiger partial charge in [0.1, 0.15) is 17.7 Å². The van der Waals surface area contributed by atoms with Crippen LogP contribution in [0.4, 0.5) is 15.0 Å². The Morgan fingerprint density at radius 3 is 2.96 bits per heavy atom. The average molecular weight is 315 g/mol. The number of anilines is 1. The van der Waals surface area contributed by atoms with Gasteiger partial charge in [-0.1, -0.05) is 12.1 Å². The van der Waals surface area contributed by atoms with Crippen molar-refractivity contribution in [2.24, 2.45) is 7.05 Å². The number of aromatic nitrogens is 5. The van der Waals surface area contributed by atoms with Gasteiger partial charge in [-0.05, 0) is 17.7 Å². The van der Waals surface area contributed by atoms with Crippen LogP contribution in [0, 0.1) is 5.82 Å². The number of carbonyl (C=O) groups is 1. The van der Waals surface area contributed by atoms with Gasteiger partial charge in [0.05, 0.1) is 6.20 Å². The van der Waals surface area contributed by atoms with Gasteiger partial charge in [0.15, 0.2) is 5.82 Å². The van der Waals surface area contributed by atoms with E-state index in [1.54, 1.807) is 36.1 Å². The molecular formula is C14H14FN7O. The molecule has 0 saturated heterocycles. The average Bonchev–Trinajstić information content (AvgIpc) is 3.16. The normalized spacial score (nSPS) is 11.9. The summed E-state index contributed by atoms with van der Waals surface area (Å²) in [5, 5.41) is 15.0. The Balaban J connectivity index is 1.86. The number of hydrogen-bond donors (Lipinski definition) is 3. The van der Waals surface area contributed by atoms with E-state index in [1.807, 2.05) is 0 Å². The zero-order chi connectivity index (χ0) is 16.2. The Kier molecular flexibility index (Phi) is 4.00. The summed E-state index contributed by atoms with van der Waals surface area (Å²) in [5.41, 5.74) is 0.578. The predicted molar refractivity (Wildman–Crippen MR) is 80.0 cm³/mol. The van der Waals surface area contributed by atoms with Crippen molar-refractivity contribution in [3.05, 3.63) is 60.1 Å². The number of carbonyl (C=O) groups excluding carboxylic acids is 1. The molecule has 9 heteroatoms. The lowest BCUT2D eigenvalue weighted by atomic mass is 10.1. The van der Waals surface area contributed by atoms with Crippen molar-refractivity contribution in [3.63, 3.8) is 0 Å². The van der Waals surface area contributed by atoms with Crippen LogP contribution in [0.25, 0.3) is 0 Å². The van der Waals surface area contributed by atoms with Crippen molar-refractivity contribution in [3.8, 4) is 0 Å². The molecule has 2 aromatic heterocycles. The third kappa shape index (κ3) is 3.34. The summed E-state index contributed by atoms with van der Waals surface area (Å²) in [6.07, 6.45) is 4.73. The lowest BCUT2D eigenvalue weighted by Crippen LogP contribution is -2.34. The summed E-state index contributed by atoms with van der Waals surface area (Å²) in [7, 11) is 1.80. The first-order chi connectivity index (χ1) is 11.1. The van der Waals surface area contributed by atoms with E-state index in [4.69, 9.17) is 0 Å². The highest BCUT2D eigenvalue weighted by molar-refractivity contribution is 5.88. The van der Waals surface area contributed by atoms with Gasteiger partial charge >= 0.3 is 6.03 Å². The first-order valence-electron chi connectivity index (χ1n) is 6.79. The number of aryl methyl sites for hydroxylation is 1. The molecule has 0 bridgehead atoms. The van der Waals surface area contributed by atoms with Crippen LogP contribution >= 0.6 is 0 Å². The van der Waals surface area contributed by atoms with Gasteiger partial charge in [0.2, 0.25) is 0 Å². The fourth-order valence-electron chi connectivity index (χ4n) is 2.18. The van der Waals surface area contributed by atoms with E-state index in [0.29, 0.717) is 11.4 Å². The second-order valence-corrected chi connectivity index (χ2v) is 4.84. The molecule has 1 aromatic carbocycles. The van der Waals surface area contributed by atoms with Crippen LogP contribution in [0.15, 0.2) is 42.9 Å². The third-order valence-corrected chi connectivity index (χ3v) is 3.23. The lowest BCUT2D eigenvalue weighted by Gasteiger charge is -2.19. The first-order valence-corrected chi connectivity index (χ1v) is 6.79. The molecule has 1 unspecified atom stereocenters. The molecule has 1 atom stereocenters. The summed E-state index contributed by atoms with van der Waals surface area (Å²) in [6, 6.07) is 4.88. The Hall–Kier alpha value is -3.23. The van der Waals surface area contributed by atoms with Crippen LogP contribution < -0.4 is 10.6 Å².